The van der Waals surface area contributed by atoms with Crippen LogP contribution in [0.3, 0.4) is 0 Å². The number of benzene rings is 1. The highest BCUT2D eigenvalue weighted by Crippen LogP contribution is 2.20. The number of likely N-dealkylation sites (N-methyl/N-ethyl adjacent to an activating group) is 1. The van der Waals surface area contributed by atoms with E-state index >= 15 is 0 Å². The van der Waals surface area contributed by atoms with Gasteiger partial charge in [0.15, 0.2) is 0 Å². The van der Waals surface area contributed by atoms with Gasteiger partial charge in [-0.15, -0.1) is 6.58 Å². The van der Waals surface area contributed by atoms with E-state index in [0.29, 0.717) is 0 Å². The molecule has 1 aromatic carbocycles. The molecule has 15 heavy (non-hydrogen) atoms. The second kappa shape index (κ2) is 5.20. The van der Waals surface area contributed by atoms with E-state index in [-0.39, 0.29) is 0 Å². The van der Waals surface area contributed by atoms with Crippen LogP contribution in [0.2, 0.25) is 0 Å². The minimum atomic E-state index is 0.796. The van der Waals surface area contributed by atoms with Gasteiger partial charge in [0.1, 0.15) is 0 Å². The Morgan fingerprint density at radius 2 is 2.00 bits per heavy atom. The number of rotatable bonds is 5. The predicted octanol–water partition coefficient (Wildman–Crippen LogP) is 3.42. The van der Waals surface area contributed by atoms with E-state index in [1.165, 1.54) is 0 Å². The van der Waals surface area contributed by atoms with Crippen LogP contribution < -0.4 is 0 Å². The van der Waals surface area contributed by atoms with Gasteiger partial charge in [-0.3, -0.25) is 0 Å². The fraction of sp³-hybridized carbons (Fsp3) is 0.143. The van der Waals surface area contributed by atoms with Crippen LogP contribution in [0.1, 0.15) is 11.1 Å². The molecule has 1 rings (SSSR count). The zero-order valence-corrected chi connectivity index (χ0v) is 9.24. The first-order valence-corrected chi connectivity index (χ1v) is 4.93. The quantitative estimate of drug-likeness (QED) is 0.657. The number of nitrogens with zero attached hydrogens (tertiary/aromatic N) is 1. The molecular weight excluding hydrogens is 182 g/mol. The van der Waals surface area contributed by atoms with Crippen LogP contribution in [0.4, 0.5) is 0 Å². The molecule has 1 aromatic rings. The molecule has 0 heterocycles. The van der Waals surface area contributed by atoms with Gasteiger partial charge in [0, 0.05) is 24.9 Å². The molecule has 0 bridgehead atoms. The molecule has 0 unspecified atom stereocenters. The van der Waals surface area contributed by atoms with Crippen molar-refractivity contribution >= 4 is 11.8 Å². The van der Waals surface area contributed by atoms with E-state index in [0.717, 1.165) is 23.4 Å². The third-order valence-electron chi connectivity index (χ3n) is 2.36. The van der Waals surface area contributed by atoms with Crippen molar-refractivity contribution in [2.45, 2.75) is 0 Å². The molecule has 1 heteroatoms. The molecular formula is C14H17N. The van der Waals surface area contributed by atoms with E-state index in [1.807, 2.05) is 37.4 Å². The van der Waals surface area contributed by atoms with Crippen LogP contribution in [-0.4, -0.2) is 18.5 Å². The van der Waals surface area contributed by atoms with Crippen LogP contribution in [-0.2, 0) is 0 Å². The topological polar surface area (TPSA) is 3.24 Å². The van der Waals surface area contributed by atoms with Crippen LogP contribution in [0, 0.1) is 0 Å². The highest BCUT2D eigenvalue weighted by Gasteiger charge is 2.06. The molecule has 0 aliphatic carbocycles. The number of hydrogen-bond acceptors (Lipinski definition) is 1. The normalized spacial score (nSPS) is 9.40. The summed E-state index contributed by atoms with van der Waals surface area (Å²) in [5.41, 5.74) is 3.22. The average molecular weight is 199 g/mol. The third-order valence-corrected chi connectivity index (χ3v) is 2.36. The number of hydrogen-bond donors (Lipinski definition) is 0. The molecule has 0 atom stereocenters. The van der Waals surface area contributed by atoms with Crippen LogP contribution >= 0.6 is 0 Å². The van der Waals surface area contributed by atoms with Crippen molar-refractivity contribution in [1.82, 2.24) is 4.90 Å². The predicted molar refractivity (Wildman–Crippen MR) is 68.4 cm³/mol. The first-order chi connectivity index (χ1) is 7.20. The molecule has 0 N–H and O–H groups in total. The SMILES string of the molecule is C=CCN(C)C(=C)c1ccccc1C=C. The van der Waals surface area contributed by atoms with Gasteiger partial charge in [-0.1, -0.05) is 49.6 Å². The lowest BCUT2D eigenvalue weighted by atomic mass is 10.0. The van der Waals surface area contributed by atoms with Crippen LogP contribution in [0.25, 0.3) is 11.8 Å². The summed E-state index contributed by atoms with van der Waals surface area (Å²) >= 11 is 0. The Balaban J connectivity index is 2.99. The van der Waals surface area contributed by atoms with Crippen molar-refractivity contribution in [3.05, 3.63) is 61.2 Å². The van der Waals surface area contributed by atoms with Gasteiger partial charge in [0.2, 0.25) is 0 Å². The van der Waals surface area contributed by atoms with Gasteiger partial charge >= 0.3 is 0 Å². The Bertz CT molecular complexity index is 377. The second-order valence-electron chi connectivity index (χ2n) is 3.41. The Kier molecular flexibility index (Phi) is 3.92. The van der Waals surface area contributed by atoms with E-state index in [1.54, 1.807) is 0 Å². The third kappa shape index (κ3) is 2.59. The standard InChI is InChI=1S/C14H17N/c1-5-11-15(4)12(3)14-10-8-7-9-13(14)6-2/h5-10H,1-3,11H2,4H3. The summed E-state index contributed by atoms with van der Waals surface area (Å²) in [6, 6.07) is 8.10. The molecule has 0 aliphatic heterocycles. The zero-order valence-electron chi connectivity index (χ0n) is 9.24. The summed E-state index contributed by atoms with van der Waals surface area (Å²) in [4.78, 5) is 2.06. The molecule has 78 valence electrons. The van der Waals surface area contributed by atoms with E-state index < -0.39 is 0 Å². The van der Waals surface area contributed by atoms with E-state index in [4.69, 9.17) is 0 Å². The molecule has 0 amide bonds. The highest BCUT2D eigenvalue weighted by molar-refractivity contribution is 5.71. The van der Waals surface area contributed by atoms with Crippen LogP contribution in [0.15, 0.2) is 50.1 Å². The smallest absolute Gasteiger partial charge is 0.0373 e. The largest absolute Gasteiger partial charge is 0.371 e. The van der Waals surface area contributed by atoms with Gasteiger partial charge in [-0.2, -0.15) is 0 Å². The molecule has 0 saturated carbocycles. The van der Waals surface area contributed by atoms with Crippen molar-refractivity contribution in [2.75, 3.05) is 13.6 Å². The van der Waals surface area contributed by atoms with Crippen molar-refractivity contribution in [1.29, 1.82) is 0 Å². The Morgan fingerprint density at radius 3 is 2.60 bits per heavy atom. The summed E-state index contributed by atoms with van der Waals surface area (Å²) in [7, 11) is 2.00. The van der Waals surface area contributed by atoms with Crippen molar-refractivity contribution < 1.29 is 0 Å². The second-order valence-corrected chi connectivity index (χ2v) is 3.41. The van der Waals surface area contributed by atoms with Crippen LogP contribution in [0.5, 0.6) is 0 Å². The Labute approximate surface area is 92.0 Å². The minimum absolute atomic E-state index is 0.796. The molecule has 1 nitrogen and oxygen atoms in total. The van der Waals surface area contributed by atoms with Crippen molar-refractivity contribution in [3.63, 3.8) is 0 Å². The van der Waals surface area contributed by atoms with E-state index in [2.05, 4.69) is 30.7 Å². The molecule has 0 spiro atoms. The van der Waals surface area contributed by atoms with Gasteiger partial charge in [0.05, 0.1) is 0 Å². The molecule has 0 aromatic heterocycles. The monoisotopic (exact) mass is 199 g/mol. The molecule has 0 aliphatic rings. The maximum absolute atomic E-state index is 4.08. The first kappa shape index (κ1) is 11.3. The lowest BCUT2D eigenvalue weighted by molar-refractivity contribution is 0.537. The highest BCUT2D eigenvalue weighted by atomic mass is 15.1. The lowest BCUT2D eigenvalue weighted by Gasteiger charge is -2.21. The lowest BCUT2D eigenvalue weighted by Crippen LogP contribution is -2.16. The van der Waals surface area contributed by atoms with Gasteiger partial charge in [0.25, 0.3) is 0 Å². The zero-order chi connectivity index (χ0) is 11.3. The molecule has 0 saturated heterocycles. The van der Waals surface area contributed by atoms with Gasteiger partial charge in [-0.25, -0.2) is 0 Å². The van der Waals surface area contributed by atoms with Crippen molar-refractivity contribution in [2.24, 2.45) is 0 Å². The summed E-state index contributed by atoms with van der Waals surface area (Å²) < 4.78 is 0. The Morgan fingerprint density at radius 1 is 1.33 bits per heavy atom. The fourth-order valence-corrected chi connectivity index (χ4v) is 1.45. The summed E-state index contributed by atoms with van der Waals surface area (Å²) in [5.74, 6) is 0. The van der Waals surface area contributed by atoms with Gasteiger partial charge < -0.3 is 4.90 Å². The summed E-state index contributed by atoms with van der Waals surface area (Å²) in [5, 5.41) is 0. The minimum Gasteiger partial charge on any atom is -0.371 e. The maximum atomic E-state index is 4.08. The summed E-state index contributed by atoms with van der Waals surface area (Å²) in [6.07, 6.45) is 3.71. The fourth-order valence-electron chi connectivity index (χ4n) is 1.45. The van der Waals surface area contributed by atoms with Crippen molar-refractivity contribution in [3.8, 4) is 0 Å². The Hall–Kier alpha value is -1.76. The summed E-state index contributed by atoms with van der Waals surface area (Å²) in [6.45, 7) is 12.4. The maximum Gasteiger partial charge on any atom is 0.0373 e. The first-order valence-electron chi connectivity index (χ1n) is 4.93. The van der Waals surface area contributed by atoms with Gasteiger partial charge in [-0.05, 0) is 5.56 Å². The molecule has 0 radical (unpaired) electrons. The van der Waals surface area contributed by atoms with E-state index in [9.17, 15) is 0 Å². The average Bonchev–Trinajstić information content (AvgIpc) is 2.28. The molecule has 0 fully saturated rings.